The number of nitrogens with zero attached hydrogens (tertiary/aromatic N) is 2. The first kappa shape index (κ1) is 20.9. The van der Waals surface area contributed by atoms with Crippen molar-refractivity contribution >= 4 is 18.2 Å². The van der Waals surface area contributed by atoms with Crippen LogP contribution in [0.15, 0.2) is 30.3 Å². The minimum atomic E-state index is -0.553. The molecule has 27 heavy (non-hydrogen) atoms. The number of nitrogens with one attached hydrogen (secondary N) is 1. The number of hydrogen-bond acceptors (Lipinski definition) is 4. The van der Waals surface area contributed by atoms with E-state index < -0.39 is 12.0 Å². The molecular formula is C20H29N3O4. The molecule has 1 aromatic rings. The summed E-state index contributed by atoms with van der Waals surface area (Å²) in [6.07, 6.45) is 3.99. The molecule has 0 unspecified atom stereocenters. The number of hydroxylamine groups is 2. The fourth-order valence-electron chi connectivity index (χ4n) is 3.35. The van der Waals surface area contributed by atoms with E-state index in [0.717, 1.165) is 24.8 Å². The van der Waals surface area contributed by atoms with Gasteiger partial charge >= 0.3 is 0 Å². The number of likely N-dealkylation sites (tertiary alicyclic amines) is 1. The van der Waals surface area contributed by atoms with Gasteiger partial charge < -0.3 is 10.2 Å². The summed E-state index contributed by atoms with van der Waals surface area (Å²) in [7, 11) is 0. The maximum absolute atomic E-state index is 12.8. The molecule has 1 aliphatic rings. The molecule has 0 radical (unpaired) electrons. The number of rotatable bonds is 10. The number of carbonyl (C=O) groups is 3. The zero-order valence-electron chi connectivity index (χ0n) is 15.8. The van der Waals surface area contributed by atoms with Crippen molar-refractivity contribution in [3.8, 4) is 0 Å². The van der Waals surface area contributed by atoms with Crippen LogP contribution in [0.5, 0.6) is 0 Å². The van der Waals surface area contributed by atoms with Crippen LogP contribution in [0, 0.1) is 5.92 Å². The van der Waals surface area contributed by atoms with Crippen molar-refractivity contribution in [3.05, 3.63) is 35.9 Å². The number of unbranched alkanes of at least 4 members (excludes halogenated alkanes) is 1. The Morgan fingerprint density at radius 1 is 1.41 bits per heavy atom. The SMILES string of the molecule is CCCC[C@H](CN(O)C=O)C(=O)N[C@H]1CCCN(Cc2ccccc2)C1=O. The van der Waals surface area contributed by atoms with Crippen molar-refractivity contribution < 1.29 is 19.6 Å². The second-order valence-corrected chi connectivity index (χ2v) is 7.02. The first-order valence-corrected chi connectivity index (χ1v) is 9.59. The van der Waals surface area contributed by atoms with E-state index in [-0.39, 0.29) is 18.4 Å². The summed E-state index contributed by atoms with van der Waals surface area (Å²) in [6, 6.07) is 9.22. The van der Waals surface area contributed by atoms with Crippen molar-refractivity contribution in [2.75, 3.05) is 13.1 Å². The molecular weight excluding hydrogens is 346 g/mol. The van der Waals surface area contributed by atoms with Gasteiger partial charge in [-0.25, -0.2) is 5.06 Å². The third kappa shape index (κ3) is 6.36. The van der Waals surface area contributed by atoms with Crippen LogP contribution >= 0.6 is 0 Å². The molecule has 148 valence electrons. The lowest BCUT2D eigenvalue weighted by Crippen LogP contribution is -2.53. The zero-order chi connectivity index (χ0) is 19.6. The summed E-state index contributed by atoms with van der Waals surface area (Å²) in [4.78, 5) is 37.9. The maximum Gasteiger partial charge on any atom is 0.245 e. The van der Waals surface area contributed by atoms with E-state index in [0.29, 0.717) is 37.4 Å². The Balaban J connectivity index is 1.97. The Morgan fingerprint density at radius 3 is 2.81 bits per heavy atom. The summed E-state index contributed by atoms with van der Waals surface area (Å²) in [5.41, 5.74) is 1.06. The summed E-state index contributed by atoms with van der Waals surface area (Å²) in [5.74, 6) is -0.898. The number of benzene rings is 1. The topological polar surface area (TPSA) is 89.9 Å². The third-order valence-electron chi connectivity index (χ3n) is 4.87. The summed E-state index contributed by atoms with van der Waals surface area (Å²) in [5, 5.41) is 12.8. The van der Waals surface area contributed by atoms with Crippen LogP contribution in [0.3, 0.4) is 0 Å². The third-order valence-corrected chi connectivity index (χ3v) is 4.87. The van der Waals surface area contributed by atoms with E-state index in [1.54, 1.807) is 4.90 Å². The maximum atomic E-state index is 12.8. The average Bonchev–Trinajstić information content (AvgIpc) is 2.68. The van der Waals surface area contributed by atoms with E-state index in [2.05, 4.69) is 5.32 Å². The van der Waals surface area contributed by atoms with Crippen LogP contribution in [0.25, 0.3) is 0 Å². The summed E-state index contributed by atoms with van der Waals surface area (Å²) >= 11 is 0. The molecule has 2 N–H and O–H groups in total. The molecule has 1 saturated heterocycles. The van der Waals surface area contributed by atoms with E-state index in [1.165, 1.54) is 0 Å². The number of hydrogen-bond donors (Lipinski definition) is 2. The quantitative estimate of drug-likeness (QED) is 0.372. The number of carbonyl (C=O) groups excluding carboxylic acids is 3. The van der Waals surface area contributed by atoms with Gasteiger partial charge in [-0.15, -0.1) is 0 Å². The molecule has 0 saturated carbocycles. The molecule has 7 nitrogen and oxygen atoms in total. The highest BCUT2D eigenvalue weighted by molar-refractivity contribution is 5.89. The second-order valence-electron chi connectivity index (χ2n) is 7.02. The highest BCUT2D eigenvalue weighted by Gasteiger charge is 2.32. The van der Waals surface area contributed by atoms with E-state index >= 15 is 0 Å². The van der Waals surface area contributed by atoms with Crippen LogP contribution in [0.1, 0.15) is 44.6 Å². The predicted octanol–water partition coefficient (Wildman–Crippen LogP) is 1.95. The Kier molecular flexibility index (Phi) is 8.26. The highest BCUT2D eigenvalue weighted by atomic mass is 16.5. The Hall–Kier alpha value is -2.41. The van der Waals surface area contributed by atoms with Gasteiger partial charge in [0.1, 0.15) is 6.04 Å². The minimum absolute atomic E-state index is 0.0655. The molecule has 0 aliphatic carbocycles. The zero-order valence-corrected chi connectivity index (χ0v) is 15.8. The van der Waals surface area contributed by atoms with Gasteiger partial charge in [0.15, 0.2) is 0 Å². The Bertz CT molecular complexity index is 623. The molecule has 0 spiro atoms. The standard InChI is InChI=1S/C20H29N3O4/c1-2-3-10-17(14-23(27)15-24)19(25)21-18-11-7-12-22(20(18)26)13-16-8-5-4-6-9-16/h4-6,8-9,15,17-18,27H,2-3,7,10-14H2,1H3,(H,21,25)/t17-,18+/m1/s1. The minimum Gasteiger partial charge on any atom is -0.344 e. The highest BCUT2D eigenvalue weighted by Crippen LogP contribution is 2.17. The van der Waals surface area contributed by atoms with Gasteiger partial charge in [0.05, 0.1) is 12.5 Å². The van der Waals surface area contributed by atoms with Crippen LogP contribution in [0.2, 0.25) is 0 Å². The van der Waals surface area contributed by atoms with Crippen LogP contribution < -0.4 is 5.32 Å². The molecule has 0 bridgehead atoms. The fourth-order valence-corrected chi connectivity index (χ4v) is 3.35. The summed E-state index contributed by atoms with van der Waals surface area (Å²) < 4.78 is 0. The van der Waals surface area contributed by atoms with Gasteiger partial charge in [-0.2, -0.15) is 0 Å². The lowest BCUT2D eigenvalue weighted by molar-refractivity contribution is -0.155. The van der Waals surface area contributed by atoms with Gasteiger partial charge in [-0.3, -0.25) is 19.6 Å². The Labute approximate surface area is 160 Å². The molecule has 0 aromatic heterocycles. The predicted molar refractivity (Wildman–Crippen MR) is 101 cm³/mol. The van der Waals surface area contributed by atoms with E-state index in [9.17, 15) is 19.6 Å². The average molecular weight is 375 g/mol. The van der Waals surface area contributed by atoms with E-state index in [1.807, 2.05) is 37.3 Å². The monoisotopic (exact) mass is 375 g/mol. The summed E-state index contributed by atoms with van der Waals surface area (Å²) in [6.45, 7) is 3.15. The van der Waals surface area contributed by atoms with Gasteiger partial charge in [0, 0.05) is 13.1 Å². The molecule has 3 amide bonds. The van der Waals surface area contributed by atoms with Crippen LogP contribution in [0.4, 0.5) is 0 Å². The van der Waals surface area contributed by atoms with Crippen molar-refractivity contribution in [2.24, 2.45) is 5.92 Å². The van der Waals surface area contributed by atoms with Crippen LogP contribution in [-0.2, 0) is 20.9 Å². The second kappa shape index (κ2) is 10.7. The molecule has 1 aromatic carbocycles. The molecule has 2 rings (SSSR count). The fraction of sp³-hybridized carbons (Fsp3) is 0.550. The van der Waals surface area contributed by atoms with Gasteiger partial charge in [-0.05, 0) is 24.8 Å². The molecule has 1 heterocycles. The Morgan fingerprint density at radius 2 is 2.15 bits per heavy atom. The molecule has 2 atom stereocenters. The lowest BCUT2D eigenvalue weighted by atomic mass is 9.98. The molecule has 1 fully saturated rings. The first-order chi connectivity index (χ1) is 13.0. The number of amides is 3. The smallest absolute Gasteiger partial charge is 0.245 e. The van der Waals surface area contributed by atoms with Gasteiger partial charge in [0.2, 0.25) is 18.2 Å². The van der Waals surface area contributed by atoms with Crippen molar-refractivity contribution in [2.45, 2.75) is 51.6 Å². The van der Waals surface area contributed by atoms with Crippen molar-refractivity contribution in [3.63, 3.8) is 0 Å². The largest absolute Gasteiger partial charge is 0.344 e. The molecule has 7 heteroatoms. The molecule has 1 aliphatic heterocycles. The first-order valence-electron chi connectivity index (χ1n) is 9.59. The van der Waals surface area contributed by atoms with Gasteiger partial charge in [0.25, 0.3) is 0 Å². The number of piperidine rings is 1. The van der Waals surface area contributed by atoms with Gasteiger partial charge in [-0.1, -0.05) is 50.1 Å². The normalized spacial score (nSPS) is 18.1. The van der Waals surface area contributed by atoms with Crippen LogP contribution in [-0.4, -0.2) is 52.5 Å². The van der Waals surface area contributed by atoms with Crippen molar-refractivity contribution in [1.29, 1.82) is 0 Å². The van der Waals surface area contributed by atoms with E-state index in [4.69, 9.17) is 0 Å². The lowest BCUT2D eigenvalue weighted by Gasteiger charge is -2.33. The van der Waals surface area contributed by atoms with Crippen molar-refractivity contribution in [1.82, 2.24) is 15.3 Å².